The van der Waals surface area contributed by atoms with E-state index in [0.717, 1.165) is 48.4 Å². The Labute approximate surface area is 166 Å². The Kier molecular flexibility index (Phi) is 6.84. The van der Waals surface area contributed by atoms with Crippen LogP contribution in [0.1, 0.15) is 24.2 Å². The van der Waals surface area contributed by atoms with Gasteiger partial charge >= 0.3 is 0 Å². The number of hydrogen-bond acceptors (Lipinski definition) is 3. The summed E-state index contributed by atoms with van der Waals surface area (Å²) < 4.78 is 8.12. The molecule has 146 valence electrons. The molecule has 0 spiro atoms. The summed E-state index contributed by atoms with van der Waals surface area (Å²) in [4.78, 5) is 16.1. The molecular formula is C23H27N3O2. The van der Waals surface area contributed by atoms with Crippen LogP contribution in [0.2, 0.25) is 0 Å². The Morgan fingerprint density at radius 2 is 1.96 bits per heavy atom. The number of para-hydroxylation sites is 2. The molecular weight excluding hydrogens is 350 g/mol. The number of amides is 1. The molecule has 28 heavy (non-hydrogen) atoms. The first-order valence-electron chi connectivity index (χ1n) is 9.71. The summed E-state index contributed by atoms with van der Waals surface area (Å²) in [6, 6.07) is 16.3. The van der Waals surface area contributed by atoms with E-state index in [2.05, 4.69) is 41.6 Å². The average molecular weight is 377 g/mol. The Morgan fingerprint density at radius 3 is 2.75 bits per heavy atom. The molecule has 0 atom stereocenters. The SMILES string of the molecule is C=CC(=O)NCCCc1nc2ccccc2n1CCCOc1ccc(C)cc1. The number of hydrogen-bond donors (Lipinski definition) is 1. The number of rotatable bonds is 10. The fraction of sp³-hybridized carbons (Fsp3) is 0.304. The Morgan fingerprint density at radius 1 is 1.18 bits per heavy atom. The number of imidazole rings is 1. The van der Waals surface area contributed by atoms with E-state index >= 15 is 0 Å². The number of aryl methyl sites for hydroxylation is 3. The fourth-order valence-corrected chi connectivity index (χ4v) is 3.14. The Hall–Kier alpha value is -3.08. The van der Waals surface area contributed by atoms with E-state index < -0.39 is 0 Å². The van der Waals surface area contributed by atoms with E-state index in [9.17, 15) is 4.79 Å². The van der Waals surface area contributed by atoms with Crippen molar-refractivity contribution in [2.75, 3.05) is 13.2 Å². The molecule has 1 aromatic heterocycles. The van der Waals surface area contributed by atoms with Gasteiger partial charge in [-0.15, -0.1) is 0 Å². The largest absolute Gasteiger partial charge is 0.494 e. The van der Waals surface area contributed by atoms with E-state index in [1.807, 2.05) is 30.3 Å². The van der Waals surface area contributed by atoms with Crippen molar-refractivity contribution in [2.24, 2.45) is 0 Å². The molecule has 5 heteroatoms. The maximum absolute atomic E-state index is 11.3. The van der Waals surface area contributed by atoms with Crippen LogP contribution in [0.4, 0.5) is 0 Å². The van der Waals surface area contributed by atoms with Crippen molar-refractivity contribution in [3.8, 4) is 5.75 Å². The number of carbonyl (C=O) groups excluding carboxylic acids is 1. The minimum absolute atomic E-state index is 0.137. The summed E-state index contributed by atoms with van der Waals surface area (Å²) >= 11 is 0. The van der Waals surface area contributed by atoms with Crippen LogP contribution in [-0.4, -0.2) is 28.6 Å². The Bertz CT molecular complexity index is 929. The van der Waals surface area contributed by atoms with Gasteiger partial charge < -0.3 is 14.6 Å². The molecule has 3 aromatic rings. The first-order chi connectivity index (χ1) is 13.7. The van der Waals surface area contributed by atoms with Gasteiger partial charge in [-0.2, -0.15) is 0 Å². The molecule has 1 N–H and O–H groups in total. The van der Waals surface area contributed by atoms with Gasteiger partial charge in [-0.1, -0.05) is 36.4 Å². The third kappa shape index (κ3) is 5.22. The second kappa shape index (κ2) is 9.74. The average Bonchev–Trinajstić information content (AvgIpc) is 3.07. The van der Waals surface area contributed by atoms with Crippen LogP contribution in [0, 0.1) is 6.92 Å². The van der Waals surface area contributed by atoms with Crippen LogP contribution in [0.3, 0.4) is 0 Å². The summed E-state index contributed by atoms with van der Waals surface area (Å²) in [7, 11) is 0. The lowest BCUT2D eigenvalue weighted by Gasteiger charge is -2.11. The maximum Gasteiger partial charge on any atom is 0.243 e. The van der Waals surface area contributed by atoms with E-state index in [1.54, 1.807) is 0 Å². The van der Waals surface area contributed by atoms with E-state index in [4.69, 9.17) is 9.72 Å². The number of nitrogens with one attached hydrogen (secondary N) is 1. The van der Waals surface area contributed by atoms with Crippen LogP contribution in [0.5, 0.6) is 5.75 Å². The third-order valence-electron chi connectivity index (χ3n) is 4.61. The van der Waals surface area contributed by atoms with Crippen LogP contribution >= 0.6 is 0 Å². The summed E-state index contributed by atoms with van der Waals surface area (Å²) in [5, 5.41) is 2.82. The van der Waals surface area contributed by atoms with Gasteiger partial charge in [0.25, 0.3) is 0 Å². The van der Waals surface area contributed by atoms with Gasteiger partial charge in [0.1, 0.15) is 11.6 Å². The first kappa shape index (κ1) is 19.7. The highest BCUT2D eigenvalue weighted by Gasteiger charge is 2.10. The highest BCUT2D eigenvalue weighted by atomic mass is 16.5. The molecule has 3 rings (SSSR count). The second-order valence-corrected chi connectivity index (χ2v) is 6.78. The molecule has 1 amide bonds. The van der Waals surface area contributed by atoms with Crippen molar-refractivity contribution in [2.45, 2.75) is 32.7 Å². The molecule has 0 fully saturated rings. The lowest BCUT2D eigenvalue weighted by molar-refractivity contribution is -0.116. The second-order valence-electron chi connectivity index (χ2n) is 6.78. The smallest absolute Gasteiger partial charge is 0.243 e. The standard InChI is InChI=1S/C23H27N3O2/c1-3-23(27)24-15-6-10-22-25-20-8-4-5-9-21(20)26(22)16-7-17-28-19-13-11-18(2)12-14-19/h3-5,8-9,11-14H,1,6-7,10,15-17H2,2H3,(H,24,27). The number of aromatic nitrogens is 2. The minimum Gasteiger partial charge on any atom is -0.494 e. The monoisotopic (exact) mass is 377 g/mol. The van der Waals surface area contributed by atoms with E-state index in [-0.39, 0.29) is 5.91 Å². The number of nitrogens with zero attached hydrogens (tertiary/aromatic N) is 2. The summed E-state index contributed by atoms with van der Waals surface area (Å²) in [5.74, 6) is 1.81. The van der Waals surface area contributed by atoms with Crippen LogP contribution in [-0.2, 0) is 17.8 Å². The van der Waals surface area contributed by atoms with Crippen molar-refractivity contribution < 1.29 is 9.53 Å². The highest BCUT2D eigenvalue weighted by molar-refractivity contribution is 5.86. The van der Waals surface area contributed by atoms with Gasteiger partial charge in [0.2, 0.25) is 5.91 Å². The molecule has 0 bridgehead atoms. The fourth-order valence-electron chi connectivity index (χ4n) is 3.14. The number of fused-ring (bicyclic) bond motifs is 1. The topological polar surface area (TPSA) is 56.2 Å². The van der Waals surface area contributed by atoms with Crippen molar-refractivity contribution in [3.63, 3.8) is 0 Å². The maximum atomic E-state index is 11.3. The first-order valence-corrected chi connectivity index (χ1v) is 9.71. The van der Waals surface area contributed by atoms with E-state index in [1.165, 1.54) is 11.6 Å². The van der Waals surface area contributed by atoms with Crippen LogP contribution < -0.4 is 10.1 Å². The van der Waals surface area contributed by atoms with E-state index in [0.29, 0.717) is 13.2 Å². The van der Waals surface area contributed by atoms with Gasteiger partial charge in [0.15, 0.2) is 0 Å². The predicted molar refractivity (Wildman–Crippen MR) is 113 cm³/mol. The third-order valence-corrected chi connectivity index (χ3v) is 4.61. The Balaban J connectivity index is 1.59. The molecule has 0 aliphatic heterocycles. The van der Waals surface area contributed by atoms with Gasteiger partial charge in [-0.05, 0) is 50.1 Å². The van der Waals surface area contributed by atoms with Crippen LogP contribution in [0.25, 0.3) is 11.0 Å². The zero-order chi connectivity index (χ0) is 19.8. The highest BCUT2D eigenvalue weighted by Crippen LogP contribution is 2.18. The molecule has 0 unspecified atom stereocenters. The predicted octanol–water partition coefficient (Wildman–Crippen LogP) is 4.05. The molecule has 0 aliphatic rings. The van der Waals surface area contributed by atoms with Gasteiger partial charge in [-0.25, -0.2) is 4.98 Å². The number of carbonyl (C=O) groups is 1. The van der Waals surface area contributed by atoms with Gasteiger partial charge in [-0.3, -0.25) is 4.79 Å². The van der Waals surface area contributed by atoms with Crippen LogP contribution in [0.15, 0.2) is 61.2 Å². The van der Waals surface area contributed by atoms with Crippen molar-refractivity contribution >= 4 is 16.9 Å². The summed E-state index contributed by atoms with van der Waals surface area (Å²) in [5.41, 5.74) is 3.38. The lowest BCUT2D eigenvalue weighted by atomic mass is 10.2. The molecule has 0 saturated carbocycles. The minimum atomic E-state index is -0.137. The zero-order valence-corrected chi connectivity index (χ0v) is 16.4. The van der Waals surface area contributed by atoms with Crippen molar-refractivity contribution in [1.29, 1.82) is 0 Å². The quantitative estimate of drug-likeness (QED) is 0.428. The molecule has 2 aromatic carbocycles. The normalized spacial score (nSPS) is 10.8. The number of benzene rings is 2. The van der Waals surface area contributed by atoms with Crippen molar-refractivity contribution in [1.82, 2.24) is 14.9 Å². The molecule has 0 radical (unpaired) electrons. The van der Waals surface area contributed by atoms with Crippen molar-refractivity contribution in [3.05, 3.63) is 72.6 Å². The van der Waals surface area contributed by atoms with Gasteiger partial charge in [0.05, 0.1) is 17.6 Å². The zero-order valence-electron chi connectivity index (χ0n) is 16.4. The molecule has 0 aliphatic carbocycles. The molecule has 1 heterocycles. The number of ether oxygens (including phenoxy) is 1. The molecule has 0 saturated heterocycles. The lowest BCUT2D eigenvalue weighted by Crippen LogP contribution is -2.22. The summed E-state index contributed by atoms with van der Waals surface area (Å²) in [6.45, 7) is 7.66. The van der Waals surface area contributed by atoms with Gasteiger partial charge in [0, 0.05) is 19.5 Å². The molecule has 5 nitrogen and oxygen atoms in total. The summed E-state index contributed by atoms with van der Waals surface area (Å²) in [6.07, 6.45) is 3.84.